The Kier molecular flexibility index (Phi) is 6.04. The van der Waals surface area contributed by atoms with Gasteiger partial charge in [0.05, 0.1) is 33.5 Å². The first-order valence-electron chi connectivity index (χ1n) is 11.4. The number of amides is 1. The second kappa shape index (κ2) is 8.90. The average Bonchev–Trinajstić information content (AvgIpc) is 3.49. The van der Waals surface area contributed by atoms with Crippen LogP contribution in [0.1, 0.15) is 47.4 Å². The maximum absolute atomic E-state index is 14.1. The van der Waals surface area contributed by atoms with Gasteiger partial charge in [-0.05, 0) is 17.7 Å². The lowest BCUT2D eigenvalue weighted by Crippen LogP contribution is -2.47. The molecule has 4 heterocycles. The summed E-state index contributed by atoms with van der Waals surface area (Å²) < 4.78 is 64.9. The zero-order valence-electron chi connectivity index (χ0n) is 19.4. The molecule has 2 saturated heterocycles. The molecule has 0 radical (unpaired) electrons. The molecule has 3 aliphatic heterocycles. The van der Waals surface area contributed by atoms with Crippen LogP contribution >= 0.6 is 0 Å². The molecule has 0 aliphatic carbocycles. The Hall–Kier alpha value is -2.99. The molecule has 0 saturated carbocycles. The molecule has 1 N–H and O–H groups in total. The fourth-order valence-corrected chi connectivity index (χ4v) is 4.96. The number of halogens is 3. The van der Waals surface area contributed by atoms with Crippen molar-refractivity contribution in [2.24, 2.45) is 0 Å². The summed E-state index contributed by atoms with van der Waals surface area (Å²) in [5.41, 5.74) is 0.578. The highest BCUT2D eigenvalue weighted by Crippen LogP contribution is 2.45. The zero-order chi connectivity index (χ0) is 24.8. The molecular formula is C23H27F3N4O5. The lowest BCUT2D eigenvalue weighted by Gasteiger charge is -2.37. The first-order valence-corrected chi connectivity index (χ1v) is 11.4. The van der Waals surface area contributed by atoms with E-state index in [9.17, 15) is 18.0 Å². The van der Waals surface area contributed by atoms with Gasteiger partial charge in [0.15, 0.2) is 29.0 Å². The van der Waals surface area contributed by atoms with Crippen molar-refractivity contribution in [1.82, 2.24) is 14.7 Å². The summed E-state index contributed by atoms with van der Waals surface area (Å²) in [6.07, 6.45) is -3.82. The van der Waals surface area contributed by atoms with Crippen molar-refractivity contribution >= 4 is 11.7 Å². The van der Waals surface area contributed by atoms with Gasteiger partial charge in [-0.15, -0.1) is 0 Å². The summed E-state index contributed by atoms with van der Waals surface area (Å²) in [4.78, 5) is 14.7. The summed E-state index contributed by atoms with van der Waals surface area (Å²) >= 11 is 0. The normalized spacial score (nSPS) is 23.6. The smallest absolute Gasteiger partial charge is 0.410 e. The van der Waals surface area contributed by atoms with Gasteiger partial charge in [-0.1, -0.05) is 6.07 Å². The SMILES string of the molecule is COc1ccc([C@@H]2C[C@@H](C(F)(F)F)n3nc(C(=O)N4CCC5(CC4)OCCO5)cc3N2)cc1OC. The van der Waals surface area contributed by atoms with E-state index in [1.165, 1.54) is 20.3 Å². The number of carbonyl (C=O) groups is 1. The summed E-state index contributed by atoms with van der Waals surface area (Å²) in [5, 5.41) is 7.20. The van der Waals surface area contributed by atoms with Gasteiger partial charge in [-0.2, -0.15) is 18.3 Å². The van der Waals surface area contributed by atoms with E-state index < -0.39 is 30.0 Å². The van der Waals surface area contributed by atoms with Gasteiger partial charge >= 0.3 is 6.18 Å². The molecule has 0 bridgehead atoms. The number of piperidine rings is 1. The zero-order valence-corrected chi connectivity index (χ0v) is 19.4. The monoisotopic (exact) mass is 496 g/mol. The number of benzene rings is 1. The number of alkyl halides is 3. The number of anilines is 1. The van der Waals surface area contributed by atoms with Crippen molar-refractivity contribution in [2.75, 3.05) is 45.8 Å². The Balaban J connectivity index is 1.39. The molecule has 35 heavy (non-hydrogen) atoms. The number of ether oxygens (including phenoxy) is 4. The highest BCUT2D eigenvalue weighted by atomic mass is 19.4. The van der Waals surface area contributed by atoms with Crippen LogP contribution in [0.4, 0.5) is 19.0 Å². The number of fused-ring (bicyclic) bond motifs is 1. The van der Waals surface area contributed by atoms with E-state index in [0.29, 0.717) is 56.2 Å². The molecular weight excluding hydrogens is 469 g/mol. The highest BCUT2D eigenvalue weighted by molar-refractivity contribution is 5.93. The van der Waals surface area contributed by atoms with Gasteiger partial charge in [-0.25, -0.2) is 4.68 Å². The van der Waals surface area contributed by atoms with E-state index in [1.54, 1.807) is 23.1 Å². The van der Waals surface area contributed by atoms with E-state index in [1.807, 2.05) is 0 Å². The molecule has 1 aromatic heterocycles. The van der Waals surface area contributed by atoms with Crippen molar-refractivity contribution in [2.45, 2.75) is 43.3 Å². The Morgan fingerprint density at radius 2 is 1.80 bits per heavy atom. The summed E-state index contributed by atoms with van der Waals surface area (Å²) in [7, 11) is 2.96. The molecule has 0 unspecified atom stereocenters. The van der Waals surface area contributed by atoms with Crippen LogP contribution < -0.4 is 14.8 Å². The van der Waals surface area contributed by atoms with Gasteiger partial charge in [0.2, 0.25) is 0 Å². The van der Waals surface area contributed by atoms with Crippen molar-refractivity contribution in [3.8, 4) is 11.5 Å². The van der Waals surface area contributed by atoms with Crippen LogP contribution in [0.15, 0.2) is 24.3 Å². The van der Waals surface area contributed by atoms with Gasteiger partial charge in [-0.3, -0.25) is 4.79 Å². The minimum atomic E-state index is -4.55. The molecule has 2 aromatic rings. The Labute approximate surface area is 200 Å². The minimum absolute atomic E-state index is 0.0288. The molecule has 5 rings (SSSR count). The molecule has 190 valence electrons. The van der Waals surface area contributed by atoms with E-state index in [-0.39, 0.29) is 17.9 Å². The third-order valence-electron chi connectivity index (χ3n) is 6.84. The third-order valence-corrected chi connectivity index (χ3v) is 6.84. The number of nitrogens with zero attached hydrogens (tertiary/aromatic N) is 3. The Bertz CT molecular complexity index is 1090. The highest BCUT2D eigenvalue weighted by Gasteiger charge is 2.47. The number of likely N-dealkylation sites (tertiary alicyclic amines) is 1. The number of hydrogen-bond donors (Lipinski definition) is 1. The van der Waals surface area contributed by atoms with Crippen LogP contribution in [0.25, 0.3) is 0 Å². The second-order valence-electron chi connectivity index (χ2n) is 8.86. The average molecular weight is 496 g/mol. The van der Waals surface area contributed by atoms with Crippen LogP contribution in [0.5, 0.6) is 11.5 Å². The number of aromatic nitrogens is 2. The van der Waals surface area contributed by atoms with Crippen LogP contribution in [0.3, 0.4) is 0 Å². The topological polar surface area (TPSA) is 87.1 Å². The van der Waals surface area contributed by atoms with E-state index in [2.05, 4.69) is 10.4 Å². The fourth-order valence-electron chi connectivity index (χ4n) is 4.96. The second-order valence-corrected chi connectivity index (χ2v) is 8.86. The lowest BCUT2D eigenvalue weighted by molar-refractivity contribution is -0.181. The van der Waals surface area contributed by atoms with Crippen LogP contribution in [-0.4, -0.2) is 73.1 Å². The molecule has 9 nitrogen and oxygen atoms in total. The van der Waals surface area contributed by atoms with Crippen molar-refractivity contribution in [3.63, 3.8) is 0 Å². The Morgan fingerprint density at radius 3 is 2.43 bits per heavy atom. The number of hydrogen-bond acceptors (Lipinski definition) is 7. The van der Waals surface area contributed by atoms with Gasteiger partial charge < -0.3 is 29.2 Å². The summed E-state index contributed by atoms with van der Waals surface area (Å²) in [5.74, 6) is -0.0277. The van der Waals surface area contributed by atoms with E-state index >= 15 is 0 Å². The standard InChI is InChI=1S/C23H27F3N4O5/c1-32-17-4-3-14(11-18(17)33-2)15-12-19(23(24,25)26)30-20(27-15)13-16(28-30)21(31)29-7-5-22(6-8-29)34-9-10-35-22/h3-4,11,13,15,19,27H,5-10,12H2,1-2H3/t15-,19-/m0/s1. The molecule has 12 heteroatoms. The first kappa shape index (κ1) is 23.7. The van der Waals surface area contributed by atoms with Crippen LogP contribution in [0.2, 0.25) is 0 Å². The van der Waals surface area contributed by atoms with Crippen molar-refractivity contribution in [3.05, 3.63) is 35.5 Å². The molecule has 2 fully saturated rings. The van der Waals surface area contributed by atoms with Gasteiger partial charge in [0, 0.05) is 38.4 Å². The lowest BCUT2D eigenvalue weighted by atomic mass is 9.96. The van der Waals surface area contributed by atoms with Crippen LogP contribution in [-0.2, 0) is 9.47 Å². The van der Waals surface area contributed by atoms with Crippen molar-refractivity contribution in [1.29, 1.82) is 0 Å². The van der Waals surface area contributed by atoms with Crippen molar-refractivity contribution < 1.29 is 36.9 Å². The third kappa shape index (κ3) is 4.40. The fraction of sp³-hybridized carbons (Fsp3) is 0.565. The molecule has 3 aliphatic rings. The van der Waals surface area contributed by atoms with Gasteiger partial charge in [0.1, 0.15) is 5.82 Å². The largest absolute Gasteiger partial charge is 0.493 e. The van der Waals surface area contributed by atoms with Crippen LogP contribution in [0, 0.1) is 0 Å². The molecule has 1 spiro atoms. The molecule has 1 amide bonds. The van der Waals surface area contributed by atoms with Gasteiger partial charge in [0.25, 0.3) is 5.91 Å². The number of methoxy groups -OCH3 is 2. The first-order chi connectivity index (χ1) is 16.7. The Morgan fingerprint density at radius 1 is 1.11 bits per heavy atom. The maximum Gasteiger partial charge on any atom is 0.410 e. The predicted molar refractivity (Wildman–Crippen MR) is 118 cm³/mol. The quantitative estimate of drug-likeness (QED) is 0.693. The summed E-state index contributed by atoms with van der Waals surface area (Å²) in [6, 6.07) is 3.84. The number of rotatable bonds is 4. The molecule has 1 aromatic carbocycles. The number of carbonyl (C=O) groups excluding carboxylic acids is 1. The number of nitrogens with one attached hydrogen (secondary N) is 1. The molecule has 2 atom stereocenters. The van der Waals surface area contributed by atoms with E-state index in [4.69, 9.17) is 18.9 Å². The maximum atomic E-state index is 14.1. The predicted octanol–water partition coefficient (Wildman–Crippen LogP) is 3.54. The minimum Gasteiger partial charge on any atom is -0.493 e. The summed E-state index contributed by atoms with van der Waals surface area (Å²) in [6.45, 7) is 1.80. The van der Waals surface area contributed by atoms with E-state index in [0.717, 1.165) is 4.68 Å².